The third kappa shape index (κ3) is 5.57. The van der Waals surface area contributed by atoms with Gasteiger partial charge in [-0.1, -0.05) is 58.4 Å². The monoisotopic (exact) mass is 248 g/mol. The van der Waals surface area contributed by atoms with Gasteiger partial charge in [-0.15, -0.1) is 0 Å². The molecule has 0 atom stereocenters. The summed E-state index contributed by atoms with van der Waals surface area (Å²) in [6.45, 7) is 4.46. The fraction of sp³-hybridized carbons (Fsp3) is 0.647. The van der Waals surface area contributed by atoms with Crippen molar-refractivity contribution in [1.82, 2.24) is 0 Å². The van der Waals surface area contributed by atoms with Crippen LogP contribution in [0, 0.1) is 0 Å². The lowest BCUT2D eigenvalue weighted by molar-refractivity contribution is 0.474. The van der Waals surface area contributed by atoms with E-state index in [1.165, 1.54) is 56.1 Å². The average Bonchev–Trinajstić information content (AvgIpc) is 2.37. The molecule has 0 aliphatic carbocycles. The van der Waals surface area contributed by atoms with Crippen LogP contribution >= 0.6 is 0 Å². The Morgan fingerprint density at radius 1 is 0.778 bits per heavy atom. The summed E-state index contributed by atoms with van der Waals surface area (Å²) in [7, 11) is 0. The van der Waals surface area contributed by atoms with Crippen LogP contribution in [0.3, 0.4) is 0 Å². The molecule has 0 saturated heterocycles. The summed E-state index contributed by atoms with van der Waals surface area (Å²) in [5, 5.41) is 9.58. The molecule has 0 heterocycles. The van der Waals surface area contributed by atoms with Gasteiger partial charge < -0.3 is 5.11 Å². The quantitative estimate of drug-likeness (QED) is 0.592. The second-order valence-electron chi connectivity index (χ2n) is 5.22. The Hall–Kier alpha value is -0.980. The molecule has 1 heteroatoms. The molecule has 0 saturated carbocycles. The molecule has 0 radical (unpaired) electrons. The molecule has 1 rings (SSSR count). The molecule has 0 spiro atoms. The largest absolute Gasteiger partial charge is 0.508 e. The highest BCUT2D eigenvalue weighted by Crippen LogP contribution is 2.20. The van der Waals surface area contributed by atoms with E-state index in [2.05, 4.69) is 19.9 Å². The van der Waals surface area contributed by atoms with Gasteiger partial charge in [-0.05, 0) is 42.5 Å². The average molecular weight is 248 g/mol. The van der Waals surface area contributed by atoms with Crippen LogP contribution in [0.25, 0.3) is 0 Å². The SMILES string of the molecule is CCCCCCCCc1cc(O)ccc1CCC. The van der Waals surface area contributed by atoms with E-state index in [1.807, 2.05) is 12.1 Å². The smallest absolute Gasteiger partial charge is 0.115 e. The van der Waals surface area contributed by atoms with E-state index in [1.54, 1.807) is 0 Å². The van der Waals surface area contributed by atoms with Crippen LogP contribution in [-0.2, 0) is 12.8 Å². The maximum atomic E-state index is 9.58. The highest BCUT2D eigenvalue weighted by atomic mass is 16.3. The van der Waals surface area contributed by atoms with Crippen molar-refractivity contribution >= 4 is 0 Å². The second-order valence-corrected chi connectivity index (χ2v) is 5.22. The third-order valence-electron chi connectivity index (χ3n) is 3.51. The Morgan fingerprint density at radius 3 is 2.22 bits per heavy atom. The van der Waals surface area contributed by atoms with Crippen molar-refractivity contribution in [1.29, 1.82) is 0 Å². The minimum absolute atomic E-state index is 0.413. The molecule has 0 aliphatic heterocycles. The lowest BCUT2D eigenvalue weighted by Gasteiger charge is -2.09. The predicted molar refractivity (Wildman–Crippen MR) is 79.2 cm³/mol. The molecule has 0 aliphatic rings. The Morgan fingerprint density at radius 2 is 1.50 bits per heavy atom. The van der Waals surface area contributed by atoms with Gasteiger partial charge in [0, 0.05) is 0 Å². The van der Waals surface area contributed by atoms with Gasteiger partial charge in [0.1, 0.15) is 5.75 Å². The van der Waals surface area contributed by atoms with Crippen molar-refractivity contribution in [3.05, 3.63) is 29.3 Å². The molecule has 18 heavy (non-hydrogen) atoms. The molecule has 0 fully saturated rings. The van der Waals surface area contributed by atoms with E-state index in [4.69, 9.17) is 0 Å². The Bertz CT molecular complexity index is 330. The van der Waals surface area contributed by atoms with Gasteiger partial charge in [-0.25, -0.2) is 0 Å². The van der Waals surface area contributed by atoms with Crippen molar-refractivity contribution in [2.75, 3.05) is 0 Å². The van der Waals surface area contributed by atoms with Crippen molar-refractivity contribution in [2.45, 2.75) is 71.6 Å². The lowest BCUT2D eigenvalue weighted by Crippen LogP contribution is -1.94. The maximum absolute atomic E-state index is 9.58. The summed E-state index contributed by atoms with van der Waals surface area (Å²) in [6.07, 6.45) is 11.4. The summed E-state index contributed by atoms with van der Waals surface area (Å²) < 4.78 is 0. The van der Waals surface area contributed by atoms with Crippen LogP contribution in [0.4, 0.5) is 0 Å². The van der Waals surface area contributed by atoms with Gasteiger partial charge in [-0.3, -0.25) is 0 Å². The first kappa shape index (κ1) is 15.1. The first-order chi connectivity index (χ1) is 8.77. The first-order valence-electron chi connectivity index (χ1n) is 7.58. The molecule has 1 aromatic rings. The normalized spacial score (nSPS) is 10.8. The number of unbranched alkanes of at least 4 members (excludes halogenated alkanes) is 5. The summed E-state index contributed by atoms with van der Waals surface area (Å²) in [6, 6.07) is 5.86. The highest BCUT2D eigenvalue weighted by Gasteiger charge is 2.03. The van der Waals surface area contributed by atoms with Crippen LogP contribution < -0.4 is 0 Å². The van der Waals surface area contributed by atoms with E-state index in [0.717, 1.165) is 12.8 Å². The molecule has 0 bridgehead atoms. The molecular formula is C17H28O. The van der Waals surface area contributed by atoms with Gasteiger partial charge in [0.2, 0.25) is 0 Å². The summed E-state index contributed by atoms with van der Waals surface area (Å²) in [4.78, 5) is 0. The minimum atomic E-state index is 0.413. The summed E-state index contributed by atoms with van der Waals surface area (Å²) in [5.74, 6) is 0.413. The van der Waals surface area contributed by atoms with Crippen molar-refractivity contribution in [3.8, 4) is 5.75 Å². The summed E-state index contributed by atoms with van der Waals surface area (Å²) in [5.41, 5.74) is 2.77. The minimum Gasteiger partial charge on any atom is -0.508 e. The third-order valence-corrected chi connectivity index (χ3v) is 3.51. The molecule has 1 nitrogen and oxygen atoms in total. The van der Waals surface area contributed by atoms with Crippen molar-refractivity contribution in [2.24, 2.45) is 0 Å². The van der Waals surface area contributed by atoms with E-state index in [0.29, 0.717) is 5.75 Å². The van der Waals surface area contributed by atoms with Gasteiger partial charge >= 0.3 is 0 Å². The van der Waals surface area contributed by atoms with Gasteiger partial charge in [0.15, 0.2) is 0 Å². The molecule has 0 aromatic heterocycles. The standard InChI is InChI=1S/C17H28O/c1-3-5-6-7-8-9-11-16-14-17(18)13-12-15(16)10-4-2/h12-14,18H,3-11H2,1-2H3. The second kappa shape index (κ2) is 9.02. The number of aryl methyl sites for hydroxylation is 2. The molecular weight excluding hydrogens is 220 g/mol. The van der Waals surface area contributed by atoms with E-state index >= 15 is 0 Å². The molecule has 0 unspecified atom stereocenters. The lowest BCUT2D eigenvalue weighted by atomic mass is 9.97. The molecule has 1 N–H and O–H groups in total. The topological polar surface area (TPSA) is 20.2 Å². The highest BCUT2D eigenvalue weighted by molar-refractivity contribution is 5.35. The van der Waals surface area contributed by atoms with Crippen molar-refractivity contribution in [3.63, 3.8) is 0 Å². The zero-order chi connectivity index (χ0) is 13.2. The van der Waals surface area contributed by atoms with E-state index in [-0.39, 0.29) is 0 Å². The molecule has 0 amide bonds. The summed E-state index contributed by atoms with van der Waals surface area (Å²) >= 11 is 0. The molecule has 1 aromatic carbocycles. The van der Waals surface area contributed by atoms with Gasteiger partial charge in [-0.2, -0.15) is 0 Å². The van der Waals surface area contributed by atoms with Gasteiger partial charge in [0.05, 0.1) is 0 Å². The van der Waals surface area contributed by atoms with Crippen LogP contribution in [0.15, 0.2) is 18.2 Å². The fourth-order valence-corrected chi connectivity index (χ4v) is 2.45. The predicted octanol–water partition coefficient (Wildman–Crippen LogP) is 5.25. The first-order valence-corrected chi connectivity index (χ1v) is 7.58. The van der Waals surface area contributed by atoms with Crippen LogP contribution in [-0.4, -0.2) is 5.11 Å². The van der Waals surface area contributed by atoms with E-state index in [9.17, 15) is 5.11 Å². The number of rotatable bonds is 9. The number of benzene rings is 1. The number of phenolic OH excluding ortho intramolecular Hbond substituents is 1. The van der Waals surface area contributed by atoms with E-state index < -0.39 is 0 Å². The fourth-order valence-electron chi connectivity index (χ4n) is 2.45. The van der Waals surface area contributed by atoms with Crippen LogP contribution in [0.5, 0.6) is 5.75 Å². The zero-order valence-electron chi connectivity index (χ0n) is 12.0. The number of hydrogen-bond donors (Lipinski definition) is 1. The Balaban J connectivity index is 2.37. The Labute approximate surface area is 112 Å². The zero-order valence-corrected chi connectivity index (χ0v) is 12.0. The Kier molecular flexibility index (Phi) is 7.55. The van der Waals surface area contributed by atoms with Crippen LogP contribution in [0.1, 0.15) is 69.9 Å². The molecule has 102 valence electrons. The van der Waals surface area contributed by atoms with Gasteiger partial charge in [0.25, 0.3) is 0 Å². The maximum Gasteiger partial charge on any atom is 0.115 e. The number of hydrogen-bond acceptors (Lipinski definition) is 1. The van der Waals surface area contributed by atoms with Crippen LogP contribution in [0.2, 0.25) is 0 Å². The number of aromatic hydroxyl groups is 1. The van der Waals surface area contributed by atoms with Crippen molar-refractivity contribution < 1.29 is 5.11 Å². The number of phenols is 1.